The standard InChI is InChI=1S/C14H18N2O3S2/c1-7(2)11(17)15-14(20)16-12-10(13(18)19-3)8-5-4-6-9(8)21-12/h7H,4-6H2,1-3H3,(H2,15,16,17,20). The van der Waals surface area contributed by atoms with Crippen LogP contribution in [0.4, 0.5) is 5.00 Å². The number of anilines is 1. The highest BCUT2D eigenvalue weighted by Gasteiger charge is 2.27. The van der Waals surface area contributed by atoms with Crippen LogP contribution >= 0.6 is 23.6 Å². The number of carbonyl (C=O) groups excluding carboxylic acids is 2. The number of thiocarbonyl (C=S) groups is 1. The van der Waals surface area contributed by atoms with Gasteiger partial charge >= 0.3 is 5.97 Å². The molecule has 0 saturated heterocycles. The van der Waals surface area contributed by atoms with Gasteiger partial charge < -0.3 is 15.4 Å². The number of hydrogen-bond acceptors (Lipinski definition) is 5. The monoisotopic (exact) mass is 326 g/mol. The molecule has 5 nitrogen and oxygen atoms in total. The van der Waals surface area contributed by atoms with E-state index >= 15 is 0 Å². The van der Waals surface area contributed by atoms with Gasteiger partial charge in [0.1, 0.15) is 5.00 Å². The van der Waals surface area contributed by atoms with Gasteiger partial charge in [-0.25, -0.2) is 4.79 Å². The number of carbonyl (C=O) groups is 2. The van der Waals surface area contributed by atoms with E-state index in [0.29, 0.717) is 10.6 Å². The van der Waals surface area contributed by atoms with Crippen molar-refractivity contribution in [3.05, 3.63) is 16.0 Å². The zero-order valence-corrected chi connectivity index (χ0v) is 13.9. The highest BCUT2D eigenvalue weighted by atomic mass is 32.1. The van der Waals surface area contributed by atoms with E-state index in [1.165, 1.54) is 23.3 Å². The Labute approximate surface area is 133 Å². The van der Waals surface area contributed by atoms with Crippen LogP contribution < -0.4 is 10.6 Å². The number of esters is 1. The van der Waals surface area contributed by atoms with E-state index in [9.17, 15) is 9.59 Å². The van der Waals surface area contributed by atoms with E-state index < -0.39 is 0 Å². The van der Waals surface area contributed by atoms with E-state index in [4.69, 9.17) is 17.0 Å². The molecule has 0 atom stereocenters. The summed E-state index contributed by atoms with van der Waals surface area (Å²) >= 11 is 6.64. The van der Waals surface area contributed by atoms with Crippen molar-refractivity contribution in [1.29, 1.82) is 0 Å². The normalized spacial score (nSPS) is 13.0. The molecule has 0 saturated carbocycles. The molecule has 0 bridgehead atoms. The first-order valence-corrected chi connectivity index (χ1v) is 8.01. The highest BCUT2D eigenvalue weighted by molar-refractivity contribution is 7.80. The van der Waals surface area contributed by atoms with Crippen LogP contribution in [0.3, 0.4) is 0 Å². The van der Waals surface area contributed by atoms with Crippen molar-refractivity contribution in [3.8, 4) is 0 Å². The minimum absolute atomic E-state index is 0.154. The van der Waals surface area contributed by atoms with Crippen LogP contribution in [0.15, 0.2) is 0 Å². The number of hydrogen-bond donors (Lipinski definition) is 2. The van der Waals surface area contributed by atoms with Crippen LogP contribution in [0, 0.1) is 5.92 Å². The molecule has 2 N–H and O–H groups in total. The fourth-order valence-electron chi connectivity index (χ4n) is 2.20. The second-order valence-corrected chi connectivity index (χ2v) is 6.66. The fraction of sp³-hybridized carbons (Fsp3) is 0.500. The smallest absolute Gasteiger partial charge is 0.341 e. The van der Waals surface area contributed by atoms with Gasteiger partial charge in [0.25, 0.3) is 0 Å². The van der Waals surface area contributed by atoms with Gasteiger partial charge in [-0.15, -0.1) is 11.3 Å². The molecule has 1 aromatic rings. The van der Waals surface area contributed by atoms with Gasteiger partial charge in [-0.3, -0.25) is 4.79 Å². The Morgan fingerprint density at radius 3 is 2.67 bits per heavy atom. The topological polar surface area (TPSA) is 67.4 Å². The molecule has 0 aromatic carbocycles. The molecule has 1 amide bonds. The zero-order valence-electron chi connectivity index (χ0n) is 12.2. The number of aryl methyl sites for hydroxylation is 1. The van der Waals surface area contributed by atoms with Gasteiger partial charge in [-0.05, 0) is 37.0 Å². The van der Waals surface area contributed by atoms with Crippen LogP contribution in [0.1, 0.15) is 41.1 Å². The van der Waals surface area contributed by atoms with Crippen molar-refractivity contribution in [2.24, 2.45) is 5.92 Å². The molecule has 0 aliphatic heterocycles. The quantitative estimate of drug-likeness (QED) is 0.660. The van der Waals surface area contributed by atoms with Gasteiger partial charge in [0, 0.05) is 10.8 Å². The van der Waals surface area contributed by atoms with E-state index in [0.717, 1.165) is 24.8 Å². The van der Waals surface area contributed by atoms with Crippen molar-refractivity contribution in [2.45, 2.75) is 33.1 Å². The predicted molar refractivity (Wildman–Crippen MR) is 86.9 cm³/mol. The molecule has 114 valence electrons. The summed E-state index contributed by atoms with van der Waals surface area (Å²) in [5, 5.41) is 6.43. The first-order chi connectivity index (χ1) is 9.93. The van der Waals surface area contributed by atoms with Crippen LogP contribution in [0.2, 0.25) is 0 Å². The third-order valence-electron chi connectivity index (χ3n) is 3.30. The number of ether oxygens (including phenoxy) is 1. The van der Waals surface area contributed by atoms with Crippen LogP contribution in [-0.4, -0.2) is 24.1 Å². The van der Waals surface area contributed by atoms with Crippen LogP contribution in [0.5, 0.6) is 0 Å². The lowest BCUT2D eigenvalue weighted by Crippen LogP contribution is -2.36. The second kappa shape index (κ2) is 6.53. The fourth-order valence-corrected chi connectivity index (χ4v) is 3.75. The second-order valence-electron chi connectivity index (χ2n) is 5.15. The molecule has 21 heavy (non-hydrogen) atoms. The largest absolute Gasteiger partial charge is 0.465 e. The average molecular weight is 326 g/mol. The third kappa shape index (κ3) is 3.41. The maximum atomic E-state index is 12.0. The summed E-state index contributed by atoms with van der Waals surface area (Å²) in [6.45, 7) is 3.58. The summed E-state index contributed by atoms with van der Waals surface area (Å²) in [5.74, 6) is -0.677. The molecule has 0 fully saturated rings. The Morgan fingerprint density at radius 2 is 2.05 bits per heavy atom. The van der Waals surface area contributed by atoms with Gasteiger partial charge in [-0.1, -0.05) is 13.8 Å². The predicted octanol–water partition coefficient (Wildman–Crippen LogP) is 2.49. The Morgan fingerprint density at radius 1 is 1.33 bits per heavy atom. The van der Waals surface area contributed by atoms with Gasteiger partial charge in [0.15, 0.2) is 5.11 Å². The summed E-state index contributed by atoms with van der Waals surface area (Å²) < 4.78 is 4.86. The zero-order chi connectivity index (χ0) is 15.6. The molecular weight excluding hydrogens is 308 g/mol. The summed E-state index contributed by atoms with van der Waals surface area (Å²) in [5.41, 5.74) is 1.60. The molecule has 1 aromatic heterocycles. The van der Waals surface area contributed by atoms with Crippen molar-refractivity contribution in [1.82, 2.24) is 5.32 Å². The lowest BCUT2D eigenvalue weighted by atomic mass is 10.1. The van der Waals surface area contributed by atoms with Gasteiger partial charge in [0.05, 0.1) is 12.7 Å². The maximum absolute atomic E-state index is 12.0. The van der Waals surface area contributed by atoms with E-state index in [1.54, 1.807) is 13.8 Å². The number of thiophene rings is 1. The van der Waals surface area contributed by atoms with Crippen molar-refractivity contribution < 1.29 is 14.3 Å². The SMILES string of the molecule is COC(=O)c1c(NC(=S)NC(=O)C(C)C)sc2c1CCC2. The first-order valence-electron chi connectivity index (χ1n) is 6.78. The number of rotatable bonds is 3. The number of nitrogens with one attached hydrogen (secondary N) is 2. The summed E-state index contributed by atoms with van der Waals surface area (Å²) in [7, 11) is 1.37. The first kappa shape index (κ1) is 15.9. The summed E-state index contributed by atoms with van der Waals surface area (Å²) in [4.78, 5) is 24.8. The van der Waals surface area contributed by atoms with Crippen molar-refractivity contribution in [2.75, 3.05) is 12.4 Å². The minimum atomic E-state index is -0.366. The van der Waals surface area contributed by atoms with Crippen LogP contribution in [0.25, 0.3) is 0 Å². The summed E-state index contributed by atoms with van der Waals surface area (Å²) in [6, 6.07) is 0. The molecule has 1 heterocycles. The van der Waals surface area contributed by atoms with E-state index in [1.807, 2.05) is 0 Å². The lowest BCUT2D eigenvalue weighted by Gasteiger charge is -2.11. The lowest BCUT2D eigenvalue weighted by molar-refractivity contribution is -0.122. The Hall–Kier alpha value is -1.47. The molecule has 1 aliphatic rings. The third-order valence-corrected chi connectivity index (χ3v) is 4.71. The molecule has 0 spiro atoms. The van der Waals surface area contributed by atoms with E-state index in [-0.39, 0.29) is 22.9 Å². The Bertz CT molecular complexity index is 593. The van der Waals surface area contributed by atoms with Crippen LogP contribution in [-0.2, 0) is 22.4 Å². The molecule has 0 unspecified atom stereocenters. The van der Waals surface area contributed by atoms with E-state index in [2.05, 4.69) is 10.6 Å². The molecule has 7 heteroatoms. The average Bonchev–Trinajstić information content (AvgIpc) is 2.97. The maximum Gasteiger partial charge on any atom is 0.341 e. The summed E-state index contributed by atoms with van der Waals surface area (Å²) in [6.07, 6.45) is 2.90. The number of fused-ring (bicyclic) bond motifs is 1. The van der Waals surface area contributed by atoms with Crippen molar-refractivity contribution in [3.63, 3.8) is 0 Å². The Kier molecular flexibility index (Phi) is 4.95. The number of methoxy groups -OCH3 is 1. The molecular formula is C14H18N2O3S2. The Balaban J connectivity index is 2.19. The van der Waals surface area contributed by atoms with Gasteiger partial charge in [0.2, 0.25) is 5.91 Å². The highest BCUT2D eigenvalue weighted by Crippen LogP contribution is 2.39. The van der Waals surface area contributed by atoms with Crippen molar-refractivity contribution >= 4 is 45.5 Å². The molecule has 2 rings (SSSR count). The molecule has 0 radical (unpaired) electrons. The van der Waals surface area contributed by atoms with Gasteiger partial charge in [-0.2, -0.15) is 0 Å². The minimum Gasteiger partial charge on any atom is -0.465 e. The number of amides is 1. The molecule has 1 aliphatic carbocycles.